The molecule has 0 aliphatic carbocycles. The monoisotopic (exact) mass is 411 g/mol. The molecule has 1 aromatic carbocycles. The largest absolute Gasteiger partial charge is 0.388 e. The molecule has 0 amide bonds. The van der Waals surface area contributed by atoms with E-state index < -0.39 is 5.60 Å². The molecule has 1 atom stereocenters. The molecule has 0 spiro atoms. The van der Waals surface area contributed by atoms with Crippen molar-refractivity contribution in [3.05, 3.63) is 63.0 Å². The lowest BCUT2D eigenvalue weighted by Crippen LogP contribution is -2.48. The summed E-state index contributed by atoms with van der Waals surface area (Å²) in [7, 11) is 0. The van der Waals surface area contributed by atoms with Crippen molar-refractivity contribution in [2.24, 2.45) is 0 Å². The summed E-state index contributed by atoms with van der Waals surface area (Å²) < 4.78 is 1.60. The first-order valence-corrected chi connectivity index (χ1v) is 11.1. The maximum absolute atomic E-state index is 13.0. The van der Waals surface area contributed by atoms with Crippen molar-refractivity contribution in [3.8, 4) is 0 Å². The normalized spacial score (nSPS) is 18.2. The second-order valence-corrected chi connectivity index (χ2v) is 9.68. The van der Waals surface area contributed by atoms with Crippen molar-refractivity contribution in [1.29, 1.82) is 0 Å². The van der Waals surface area contributed by atoms with Crippen molar-refractivity contribution < 1.29 is 5.11 Å². The molecule has 0 bridgehead atoms. The number of nitrogens with zero attached hydrogens (tertiary/aromatic N) is 3. The molecule has 0 saturated carbocycles. The first-order chi connectivity index (χ1) is 13.9. The van der Waals surface area contributed by atoms with Gasteiger partial charge in [0.05, 0.1) is 23.9 Å². The van der Waals surface area contributed by atoms with Gasteiger partial charge < -0.3 is 10.0 Å². The van der Waals surface area contributed by atoms with Crippen molar-refractivity contribution in [2.75, 3.05) is 19.6 Å². The maximum Gasteiger partial charge on any atom is 0.262 e. The third kappa shape index (κ3) is 4.15. The second-order valence-electron chi connectivity index (χ2n) is 8.48. The fourth-order valence-corrected chi connectivity index (χ4v) is 5.27. The Labute approximate surface area is 175 Å². The number of hydrogen-bond donors (Lipinski definition) is 1. The van der Waals surface area contributed by atoms with E-state index in [0.29, 0.717) is 30.7 Å². The molecule has 4 rings (SSSR count). The van der Waals surface area contributed by atoms with Crippen LogP contribution in [0.15, 0.2) is 41.5 Å². The average Bonchev–Trinajstić information content (AvgIpc) is 3.01. The molecular weight excluding hydrogens is 382 g/mol. The van der Waals surface area contributed by atoms with Crippen LogP contribution in [0.3, 0.4) is 0 Å². The Morgan fingerprint density at radius 2 is 1.90 bits per heavy atom. The number of rotatable bonds is 5. The van der Waals surface area contributed by atoms with Gasteiger partial charge in [0, 0.05) is 24.5 Å². The molecule has 3 aromatic rings. The third-order valence-corrected chi connectivity index (χ3v) is 7.42. The van der Waals surface area contributed by atoms with Gasteiger partial charge >= 0.3 is 0 Å². The zero-order chi connectivity index (χ0) is 20.6. The van der Waals surface area contributed by atoms with Crippen LogP contribution in [-0.2, 0) is 6.54 Å². The van der Waals surface area contributed by atoms with E-state index >= 15 is 0 Å². The zero-order valence-corrected chi connectivity index (χ0v) is 18.2. The van der Waals surface area contributed by atoms with Gasteiger partial charge in [0.2, 0.25) is 0 Å². The van der Waals surface area contributed by atoms with Crippen LogP contribution in [0.2, 0.25) is 0 Å². The van der Waals surface area contributed by atoms with Gasteiger partial charge in [-0.15, -0.1) is 11.3 Å². The molecule has 1 aliphatic rings. The molecule has 29 heavy (non-hydrogen) atoms. The molecule has 154 valence electrons. The predicted molar refractivity (Wildman–Crippen MR) is 119 cm³/mol. The van der Waals surface area contributed by atoms with Gasteiger partial charge in [0.1, 0.15) is 4.83 Å². The Kier molecular flexibility index (Phi) is 5.60. The highest BCUT2D eigenvalue weighted by atomic mass is 32.1. The van der Waals surface area contributed by atoms with Crippen molar-refractivity contribution >= 4 is 21.6 Å². The quantitative estimate of drug-likeness (QED) is 0.695. The van der Waals surface area contributed by atoms with E-state index in [9.17, 15) is 9.90 Å². The number of likely N-dealkylation sites (tertiary alicyclic amines) is 1. The summed E-state index contributed by atoms with van der Waals surface area (Å²) in [6, 6.07) is 10.6. The van der Waals surface area contributed by atoms with Gasteiger partial charge in [-0.25, -0.2) is 4.98 Å². The molecule has 6 heteroatoms. The molecule has 0 radical (unpaired) electrons. The third-order valence-electron chi connectivity index (χ3n) is 6.31. The summed E-state index contributed by atoms with van der Waals surface area (Å²) in [6.07, 6.45) is 2.93. The summed E-state index contributed by atoms with van der Waals surface area (Å²) in [6.45, 7) is 9.23. The number of aromatic nitrogens is 2. The molecule has 1 N–H and O–H groups in total. The minimum absolute atomic E-state index is 0.0367. The zero-order valence-electron chi connectivity index (χ0n) is 17.4. The van der Waals surface area contributed by atoms with E-state index in [2.05, 4.69) is 41.1 Å². The maximum atomic E-state index is 13.0. The fraction of sp³-hybridized carbons (Fsp3) is 0.478. The van der Waals surface area contributed by atoms with Crippen LogP contribution in [0.1, 0.15) is 41.7 Å². The van der Waals surface area contributed by atoms with E-state index in [4.69, 9.17) is 0 Å². The Morgan fingerprint density at radius 3 is 2.59 bits per heavy atom. The molecule has 0 unspecified atom stereocenters. The standard InChI is InChI=1S/C23H29N3O2S/c1-16(19-7-5-4-6-8-19)13-25-11-9-23(28,10-12-25)14-26-15-24-21-20(22(26)27)17(2)18(3)29-21/h4-8,15-16,28H,9-14H2,1-3H3/t16-/m0/s1. The predicted octanol–water partition coefficient (Wildman–Crippen LogP) is 3.71. The highest BCUT2D eigenvalue weighted by Gasteiger charge is 2.33. The smallest absolute Gasteiger partial charge is 0.262 e. The van der Waals surface area contributed by atoms with E-state index in [-0.39, 0.29) is 5.56 Å². The summed E-state index contributed by atoms with van der Waals surface area (Å²) in [4.78, 5) is 21.8. The van der Waals surface area contributed by atoms with Crippen molar-refractivity contribution in [3.63, 3.8) is 0 Å². The Bertz CT molecular complexity index is 1050. The van der Waals surface area contributed by atoms with Gasteiger partial charge in [-0.2, -0.15) is 0 Å². The van der Waals surface area contributed by atoms with Crippen LogP contribution in [-0.4, -0.2) is 44.8 Å². The number of fused-ring (bicyclic) bond motifs is 1. The van der Waals surface area contributed by atoms with Gasteiger partial charge in [0.25, 0.3) is 5.56 Å². The lowest BCUT2D eigenvalue weighted by Gasteiger charge is -2.39. The van der Waals surface area contributed by atoms with Gasteiger partial charge in [-0.1, -0.05) is 37.3 Å². The average molecular weight is 412 g/mol. The molecule has 1 aliphatic heterocycles. The van der Waals surface area contributed by atoms with Crippen LogP contribution in [0.25, 0.3) is 10.2 Å². The number of aryl methyl sites for hydroxylation is 2. The van der Waals surface area contributed by atoms with Crippen LogP contribution >= 0.6 is 11.3 Å². The van der Waals surface area contributed by atoms with Gasteiger partial charge in [-0.05, 0) is 43.7 Å². The minimum atomic E-state index is -0.857. The number of piperidine rings is 1. The van der Waals surface area contributed by atoms with E-state index in [1.165, 1.54) is 5.56 Å². The van der Waals surface area contributed by atoms with Crippen molar-refractivity contribution in [2.45, 2.75) is 51.7 Å². The van der Waals surface area contributed by atoms with E-state index in [1.54, 1.807) is 22.2 Å². The van der Waals surface area contributed by atoms with E-state index in [0.717, 1.165) is 34.9 Å². The number of benzene rings is 1. The Balaban J connectivity index is 1.42. The van der Waals surface area contributed by atoms with Crippen LogP contribution in [0.4, 0.5) is 0 Å². The highest BCUT2D eigenvalue weighted by molar-refractivity contribution is 7.18. The fourth-order valence-electron chi connectivity index (χ4n) is 4.28. The topological polar surface area (TPSA) is 58.4 Å². The summed E-state index contributed by atoms with van der Waals surface area (Å²) in [5, 5.41) is 11.9. The molecule has 1 fully saturated rings. The second kappa shape index (κ2) is 8.01. The minimum Gasteiger partial charge on any atom is -0.388 e. The Morgan fingerprint density at radius 1 is 1.21 bits per heavy atom. The van der Waals surface area contributed by atoms with Crippen LogP contribution in [0.5, 0.6) is 0 Å². The summed E-state index contributed by atoms with van der Waals surface area (Å²) in [5.74, 6) is 0.460. The number of aliphatic hydroxyl groups is 1. The highest BCUT2D eigenvalue weighted by Crippen LogP contribution is 2.28. The molecule has 2 aromatic heterocycles. The summed E-state index contributed by atoms with van der Waals surface area (Å²) in [5.41, 5.74) is 1.46. The lowest BCUT2D eigenvalue weighted by molar-refractivity contribution is -0.0355. The number of thiophene rings is 1. The van der Waals surface area contributed by atoms with Crippen LogP contribution < -0.4 is 5.56 Å². The Hall–Kier alpha value is -2.02. The molecule has 1 saturated heterocycles. The first kappa shape index (κ1) is 20.3. The molecule has 3 heterocycles. The van der Waals surface area contributed by atoms with E-state index in [1.807, 2.05) is 19.9 Å². The van der Waals surface area contributed by atoms with Gasteiger partial charge in [0.15, 0.2) is 0 Å². The van der Waals surface area contributed by atoms with Gasteiger partial charge in [-0.3, -0.25) is 9.36 Å². The van der Waals surface area contributed by atoms with Crippen LogP contribution in [0, 0.1) is 13.8 Å². The first-order valence-electron chi connectivity index (χ1n) is 10.3. The van der Waals surface area contributed by atoms with Crippen molar-refractivity contribution in [1.82, 2.24) is 14.5 Å². The SMILES string of the molecule is Cc1sc2ncn(CC3(O)CCN(C[C@H](C)c4ccccc4)CC3)c(=O)c2c1C. The molecular formula is C23H29N3O2S. The lowest BCUT2D eigenvalue weighted by atomic mass is 9.90. The summed E-state index contributed by atoms with van der Waals surface area (Å²) >= 11 is 1.56. The number of hydrogen-bond acceptors (Lipinski definition) is 5. The molecule has 5 nitrogen and oxygen atoms in total.